The molecule has 0 unspecified atom stereocenters. The van der Waals surface area contributed by atoms with E-state index in [-0.39, 0.29) is 28.6 Å². The smallest absolute Gasteiger partial charge is 0.282 e. The van der Waals surface area contributed by atoms with Gasteiger partial charge in [-0.2, -0.15) is 0 Å². The monoisotopic (exact) mass is 613 g/mol. The van der Waals surface area contributed by atoms with Gasteiger partial charge in [0.2, 0.25) is 0 Å². The molecule has 11 heteroatoms. The second-order valence-corrected chi connectivity index (χ2v) is 10.2. The maximum absolute atomic E-state index is 12.5. The Morgan fingerprint density at radius 3 is 1.85 bits per heavy atom. The van der Waals surface area contributed by atoms with E-state index in [0.717, 1.165) is 11.1 Å². The predicted octanol–water partition coefficient (Wildman–Crippen LogP) is 3.86. The Hall–Kier alpha value is -6.49. The number of aliphatic imine (C=N–C) groups is 1. The number of benzene rings is 4. The van der Waals surface area contributed by atoms with Crippen LogP contribution in [0.4, 0.5) is 11.4 Å². The highest BCUT2D eigenvalue weighted by Crippen LogP contribution is 2.29. The van der Waals surface area contributed by atoms with Crippen molar-refractivity contribution < 1.29 is 29.0 Å². The zero-order valence-electron chi connectivity index (χ0n) is 24.5. The van der Waals surface area contributed by atoms with Crippen LogP contribution >= 0.6 is 0 Å². The number of hydrogen-bond acceptors (Lipinski definition) is 7. The van der Waals surface area contributed by atoms with Gasteiger partial charge < -0.3 is 9.84 Å². The van der Waals surface area contributed by atoms with E-state index >= 15 is 0 Å². The SMILES string of the molecule is COc1cc(/C=C2/C(=O)NN(c3ccccc3)C2=O)ccc1O.O=C1NN(c2ccccc2)C(=O)/C1=C\C1=NCc2ccccc21. The summed E-state index contributed by atoms with van der Waals surface area (Å²) in [5.74, 6) is -1.44. The Morgan fingerprint density at radius 1 is 0.717 bits per heavy atom. The molecule has 0 saturated carbocycles. The highest BCUT2D eigenvalue weighted by atomic mass is 16.5. The number of carbonyl (C=O) groups excluding carboxylic acids is 4. The fourth-order valence-electron chi connectivity index (χ4n) is 5.01. The van der Waals surface area contributed by atoms with Crippen molar-refractivity contribution in [1.29, 1.82) is 0 Å². The van der Waals surface area contributed by atoms with Crippen molar-refractivity contribution in [1.82, 2.24) is 10.9 Å². The Kier molecular flexibility index (Phi) is 8.12. The van der Waals surface area contributed by atoms with E-state index < -0.39 is 17.7 Å². The molecule has 4 aromatic rings. The van der Waals surface area contributed by atoms with E-state index in [1.807, 2.05) is 48.5 Å². The third-order valence-electron chi connectivity index (χ3n) is 7.32. The summed E-state index contributed by atoms with van der Waals surface area (Å²) in [7, 11) is 1.43. The molecule has 228 valence electrons. The van der Waals surface area contributed by atoms with Crippen molar-refractivity contribution in [2.24, 2.45) is 4.99 Å². The molecule has 3 aliphatic rings. The van der Waals surface area contributed by atoms with Crippen LogP contribution in [0.15, 0.2) is 125 Å². The first-order valence-electron chi connectivity index (χ1n) is 14.2. The van der Waals surface area contributed by atoms with Crippen LogP contribution in [0.2, 0.25) is 0 Å². The van der Waals surface area contributed by atoms with Gasteiger partial charge in [-0.25, -0.2) is 10.0 Å². The van der Waals surface area contributed by atoms with Crippen molar-refractivity contribution in [3.05, 3.63) is 137 Å². The van der Waals surface area contributed by atoms with Crippen molar-refractivity contribution in [2.45, 2.75) is 6.54 Å². The number of phenolic OH excluding ortho intramolecular Hbond substituents is 1. The minimum Gasteiger partial charge on any atom is -0.504 e. The number of allylic oxidation sites excluding steroid dienone is 1. The van der Waals surface area contributed by atoms with Gasteiger partial charge in [0, 0.05) is 5.56 Å². The number of methoxy groups -OCH3 is 1. The molecule has 0 spiro atoms. The van der Waals surface area contributed by atoms with Gasteiger partial charge in [-0.1, -0.05) is 66.7 Å². The number of nitrogens with zero attached hydrogens (tertiary/aromatic N) is 3. The molecule has 11 nitrogen and oxygen atoms in total. The molecule has 4 aromatic carbocycles. The molecular formula is C35H27N5O6. The molecule has 0 aliphatic carbocycles. The lowest BCUT2D eigenvalue weighted by atomic mass is 10.0. The van der Waals surface area contributed by atoms with Gasteiger partial charge in [-0.05, 0) is 59.7 Å². The number of hydrazine groups is 2. The van der Waals surface area contributed by atoms with Crippen LogP contribution in [0.5, 0.6) is 11.5 Å². The molecule has 46 heavy (non-hydrogen) atoms. The molecule has 7 rings (SSSR count). The first-order chi connectivity index (χ1) is 22.3. The number of carbonyl (C=O) groups is 4. The van der Waals surface area contributed by atoms with Crippen molar-refractivity contribution in [3.8, 4) is 11.5 Å². The Bertz CT molecular complexity index is 1950. The van der Waals surface area contributed by atoms with E-state index in [2.05, 4.69) is 15.8 Å². The maximum atomic E-state index is 12.5. The summed E-state index contributed by atoms with van der Waals surface area (Å²) in [6, 6.07) is 30.3. The number of ether oxygens (including phenoxy) is 1. The highest BCUT2D eigenvalue weighted by Gasteiger charge is 2.36. The van der Waals surface area contributed by atoms with Gasteiger partial charge in [0.1, 0.15) is 11.1 Å². The van der Waals surface area contributed by atoms with Gasteiger partial charge >= 0.3 is 0 Å². The Morgan fingerprint density at radius 2 is 1.26 bits per heavy atom. The molecule has 2 fully saturated rings. The van der Waals surface area contributed by atoms with Gasteiger partial charge in [-0.3, -0.25) is 35.0 Å². The number of amides is 4. The van der Waals surface area contributed by atoms with E-state index in [9.17, 15) is 24.3 Å². The molecule has 0 aromatic heterocycles. The fraction of sp³-hybridized carbons (Fsp3) is 0.0571. The van der Waals surface area contributed by atoms with E-state index in [1.165, 1.54) is 29.3 Å². The zero-order valence-corrected chi connectivity index (χ0v) is 24.5. The standard InChI is InChI=1S/C18H13N3O2.C17H14N2O4/c22-17-15(10-16-14-9-5-4-6-12(14)11-19-16)18(23)21(20-17)13-7-2-1-3-8-13;1-23-15-10-11(7-8-14(15)20)9-13-16(21)18-19(17(13)22)12-5-3-2-4-6-12/h1-10H,11H2,(H,20,22);2-10,20H,1H3,(H,18,21)/b15-10-;13-9-. The molecule has 3 N–H and O–H groups in total. The normalized spacial score (nSPS) is 17.0. The number of anilines is 2. The van der Waals surface area contributed by atoms with Gasteiger partial charge in [0.25, 0.3) is 23.6 Å². The lowest BCUT2D eigenvalue weighted by Gasteiger charge is -2.13. The molecule has 3 aliphatic heterocycles. The first kappa shape index (κ1) is 29.6. The molecular weight excluding hydrogens is 586 g/mol. The van der Waals surface area contributed by atoms with Gasteiger partial charge in [0.05, 0.1) is 30.7 Å². The van der Waals surface area contributed by atoms with Crippen LogP contribution < -0.4 is 25.6 Å². The van der Waals surface area contributed by atoms with Crippen LogP contribution in [0.1, 0.15) is 16.7 Å². The molecule has 0 bridgehead atoms. The second kappa shape index (κ2) is 12.6. The van der Waals surface area contributed by atoms with Crippen molar-refractivity contribution in [3.63, 3.8) is 0 Å². The molecule has 2 saturated heterocycles. The summed E-state index contributed by atoms with van der Waals surface area (Å²) in [5, 5.41) is 12.1. The lowest BCUT2D eigenvalue weighted by Crippen LogP contribution is -2.35. The quantitative estimate of drug-likeness (QED) is 0.231. The Labute approximate surface area is 263 Å². The van der Waals surface area contributed by atoms with Crippen LogP contribution in [0.25, 0.3) is 6.08 Å². The summed E-state index contributed by atoms with van der Waals surface area (Å²) in [6.45, 7) is 0.577. The summed E-state index contributed by atoms with van der Waals surface area (Å²) in [6.07, 6.45) is 3.04. The minimum absolute atomic E-state index is 0.0113. The van der Waals surface area contributed by atoms with Gasteiger partial charge in [-0.15, -0.1) is 0 Å². The maximum Gasteiger partial charge on any atom is 0.282 e. The predicted molar refractivity (Wildman–Crippen MR) is 172 cm³/mol. The number of hydrogen-bond donors (Lipinski definition) is 3. The number of fused-ring (bicyclic) bond motifs is 1. The summed E-state index contributed by atoms with van der Waals surface area (Å²) in [5.41, 5.74) is 9.77. The highest BCUT2D eigenvalue weighted by molar-refractivity contribution is 6.33. The van der Waals surface area contributed by atoms with E-state index in [4.69, 9.17) is 4.74 Å². The van der Waals surface area contributed by atoms with E-state index in [0.29, 0.717) is 29.2 Å². The average Bonchev–Trinajstić information content (AvgIpc) is 3.72. The largest absolute Gasteiger partial charge is 0.504 e. The minimum atomic E-state index is -0.481. The third kappa shape index (κ3) is 5.84. The molecule has 0 radical (unpaired) electrons. The fourth-order valence-corrected chi connectivity index (χ4v) is 5.01. The number of para-hydroxylation sites is 2. The third-order valence-corrected chi connectivity index (χ3v) is 7.32. The van der Waals surface area contributed by atoms with Crippen molar-refractivity contribution >= 4 is 46.8 Å². The molecule has 3 heterocycles. The average molecular weight is 614 g/mol. The number of aromatic hydroxyl groups is 1. The second-order valence-electron chi connectivity index (χ2n) is 10.2. The summed E-state index contributed by atoms with van der Waals surface area (Å²) in [4.78, 5) is 53.6. The number of nitrogens with one attached hydrogen (secondary N) is 2. The molecule has 0 atom stereocenters. The van der Waals surface area contributed by atoms with Crippen LogP contribution in [0, 0.1) is 0 Å². The summed E-state index contributed by atoms with van der Waals surface area (Å²) < 4.78 is 5.02. The van der Waals surface area contributed by atoms with Crippen LogP contribution in [0.3, 0.4) is 0 Å². The molecule has 4 amide bonds. The van der Waals surface area contributed by atoms with Gasteiger partial charge in [0.15, 0.2) is 11.5 Å². The van der Waals surface area contributed by atoms with Crippen LogP contribution in [-0.4, -0.2) is 41.6 Å². The summed E-state index contributed by atoms with van der Waals surface area (Å²) >= 11 is 0. The zero-order chi connectivity index (χ0) is 32.2. The van der Waals surface area contributed by atoms with E-state index in [1.54, 1.807) is 54.6 Å². The number of phenols is 1. The first-order valence-corrected chi connectivity index (χ1v) is 14.2. The van der Waals surface area contributed by atoms with Crippen LogP contribution in [-0.2, 0) is 25.7 Å². The lowest BCUT2D eigenvalue weighted by molar-refractivity contribution is -0.118. The number of rotatable bonds is 5. The topological polar surface area (TPSA) is 141 Å². The Balaban J connectivity index is 0.000000162. The van der Waals surface area contributed by atoms with Crippen molar-refractivity contribution in [2.75, 3.05) is 17.1 Å².